The zero-order chi connectivity index (χ0) is 24.0. The summed E-state index contributed by atoms with van der Waals surface area (Å²) in [5.74, 6) is 0.183. The van der Waals surface area contributed by atoms with E-state index in [0.717, 1.165) is 21.9 Å². The van der Waals surface area contributed by atoms with Crippen LogP contribution in [0.15, 0.2) is 102 Å². The second-order valence-electron chi connectivity index (χ2n) is 7.85. The minimum Gasteiger partial charge on any atom is -0.497 e. The van der Waals surface area contributed by atoms with Crippen LogP contribution in [-0.2, 0) is 27.9 Å². The number of nitrogens with one attached hydrogen (secondary N) is 1. The number of nitrogens with zero attached hydrogens (tertiary/aromatic N) is 1. The maximum absolute atomic E-state index is 13.4. The normalized spacial score (nSPS) is 11.5. The van der Waals surface area contributed by atoms with Crippen LogP contribution in [0.3, 0.4) is 0 Å². The molecular formula is C27H26N2O4S. The molecule has 0 aliphatic heterocycles. The van der Waals surface area contributed by atoms with Gasteiger partial charge in [0.05, 0.1) is 18.6 Å². The van der Waals surface area contributed by atoms with E-state index in [2.05, 4.69) is 5.32 Å². The first-order valence-electron chi connectivity index (χ1n) is 10.9. The van der Waals surface area contributed by atoms with Crippen molar-refractivity contribution in [3.05, 3.63) is 108 Å². The number of hydrogen-bond acceptors (Lipinski definition) is 4. The maximum Gasteiger partial charge on any atom is 0.243 e. The lowest BCUT2D eigenvalue weighted by atomic mass is 10.0. The second kappa shape index (κ2) is 10.5. The summed E-state index contributed by atoms with van der Waals surface area (Å²) >= 11 is 0. The van der Waals surface area contributed by atoms with Gasteiger partial charge >= 0.3 is 0 Å². The fraction of sp³-hybridized carbons (Fsp3) is 0.148. The summed E-state index contributed by atoms with van der Waals surface area (Å²) in [5.41, 5.74) is 1.76. The van der Waals surface area contributed by atoms with Crippen LogP contribution < -0.4 is 10.1 Å². The Bertz CT molecular complexity index is 1370. The minimum atomic E-state index is -3.92. The summed E-state index contributed by atoms with van der Waals surface area (Å²) in [7, 11) is -2.40. The molecule has 34 heavy (non-hydrogen) atoms. The Morgan fingerprint density at radius 3 is 2.26 bits per heavy atom. The molecule has 0 saturated carbocycles. The first-order chi connectivity index (χ1) is 16.5. The molecule has 4 aromatic rings. The number of hydrogen-bond donors (Lipinski definition) is 1. The molecule has 7 heteroatoms. The third-order valence-corrected chi connectivity index (χ3v) is 7.38. The SMILES string of the molecule is COc1ccc(S(=O)(=O)N(CC(=O)NCc2cccc3ccccc23)Cc2ccccc2)cc1. The summed E-state index contributed by atoms with van der Waals surface area (Å²) in [5, 5.41) is 5.02. The van der Waals surface area contributed by atoms with Crippen LogP contribution in [0.4, 0.5) is 0 Å². The smallest absolute Gasteiger partial charge is 0.243 e. The highest BCUT2D eigenvalue weighted by Crippen LogP contribution is 2.22. The molecule has 0 fully saturated rings. The first kappa shape index (κ1) is 23.5. The number of carbonyl (C=O) groups is 1. The van der Waals surface area contributed by atoms with Gasteiger partial charge in [0, 0.05) is 13.1 Å². The van der Waals surface area contributed by atoms with Crippen molar-refractivity contribution in [3.63, 3.8) is 0 Å². The van der Waals surface area contributed by atoms with E-state index < -0.39 is 10.0 Å². The Labute approximate surface area is 199 Å². The van der Waals surface area contributed by atoms with Crippen LogP contribution in [0.25, 0.3) is 10.8 Å². The van der Waals surface area contributed by atoms with Crippen molar-refractivity contribution in [3.8, 4) is 5.75 Å². The van der Waals surface area contributed by atoms with E-state index >= 15 is 0 Å². The lowest BCUT2D eigenvalue weighted by molar-refractivity contribution is -0.121. The van der Waals surface area contributed by atoms with E-state index in [4.69, 9.17) is 4.74 Å². The van der Waals surface area contributed by atoms with Crippen molar-refractivity contribution in [1.82, 2.24) is 9.62 Å². The molecule has 0 heterocycles. The fourth-order valence-corrected chi connectivity index (χ4v) is 5.15. The van der Waals surface area contributed by atoms with Gasteiger partial charge in [-0.15, -0.1) is 0 Å². The number of benzene rings is 4. The fourth-order valence-electron chi connectivity index (χ4n) is 3.77. The highest BCUT2D eigenvalue weighted by molar-refractivity contribution is 7.89. The van der Waals surface area contributed by atoms with Crippen LogP contribution in [0.2, 0.25) is 0 Å². The lowest BCUT2D eigenvalue weighted by Crippen LogP contribution is -2.40. The van der Waals surface area contributed by atoms with Crippen molar-refractivity contribution >= 4 is 26.7 Å². The molecule has 1 amide bonds. The quantitative estimate of drug-likeness (QED) is 0.391. The zero-order valence-electron chi connectivity index (χ0n) is 18.8. The average Bonchev–Trinajstić information content (AvgIpc) is 2.87. The highest BCUT2D eigenvalue weighted by atomic mass is 32.2. The van der Waals surface area contributed by atoms with Gasteiger partial charge in [-0.3, -0.25) is 4.79 Å². The average molecular weight is 475 g/mol. The van der Waals surface area contributed by atoms with Crippen LogP contribution in [0.5, 0.6) is 5.75 Å². The topological polar surface area (TPSA) is 75.7 Å². The minimum absolute atomic E-state index is 0.0802. The summed E-state index contributed by atoms with van der Waals surface area (Å²) < 4.78 is 33.2. The van der Waals surface area contributed by atoms with Gasteiger partial charge in [-0.05, 0) is 46.2 Å². The summed E-state index contributed by atoms with van der Waals surface area (Å²) in [6, 6.07) is 29.2. The molecule has 0 atom stereocenters. The van der Waals surface area contributed by atoms with Crippen LogP contribution >= 0.6 is 0 Å². The van der Waals surface area contributed by atoms with Crippen molar-refractivity contribution in [1.29, 1.82) is 0 Å². The van der Waals surface area contributed by atoms with Gasteiger partial charge < -0.3 is 10.1 Å². The van der Waals surface area contributed by atoms with E-state index in [9.17, 15) is 13.2 Å². The van der Waals surface area contributed by atoms with Crippen molar-refractivity contribution < 1.29 is 17.9 Å². The number of sulfonamides is 1. The van der Waals surface area contributed by atoms with Crippen LogP contribution in [0.1, 0.15) is 11.1 Å². The standard InChI is InChI=1S/C27H26N2O4S/c1-33-24-14-16-25(17-15-24)34(31,32)29(19-21-8-3-2-4-9-21)20-27(30)28-18-23-12-7-11-22-10-5-6-13-26(22)23/h2-17H,18-20H2,1H3,(H,28,30). The molecule has 4 rings (SSSR count). The van der Waals surface area contributed by atoms with E-state index in [1.54, 1.807) is 12.1 Å². The van der Waals surface area contributed by atoms with Gasteiger partial charge in [-0.25, -0.2) is 8.42 Å². The molecule has 0 saturated heterocycles. The van der Waals surface area contributed by atoms with Gasteiger partial charge in [0.25, 0.3) is 0 Å². The van der Waals surface area contributed by atoms with Crippen molar-refractivity contribution in [2.24, 2.45) is 0 Å². The van der Waals surface area contributed by atoms with Gasteiger partial charge in [0.15, 0.2) is 0 Å². The van der Waals surface area contributed by atoms with Gasteiger partial charge in [0.2, 0.25) is 15.9 Å². The van der Waals surface area contributed by atoms with E-state index in [1.165, 1.54) is 23.5 Å². The molecule has 4 aromatic carbocycles. The van der Waals surface area contributed by atoms with E-state index in [1.807, 2.05) is 72.8 Å². The van der Waals surface area contributed by atoms with Crippen molar-refractivity contribution in [2.75, 3.05) is 13.7 Å². The van der Waals surface area contributed by atoms with Crippen LogP contribution in [-0.4, -0.2) is 32.3 Å². The highest BCUT2D eigenvalue weighted by Gasteiger charge is 2.27. The zero-order valence-corrected chi connectivity index (χ0v) is 19.7. The predicted molar refractivity (Wildman–Crippen MR) is 133 cm³/mol. The van der Waals surface area contributed by atoms with E-state index in [0.29, 0.717) is 12.3 Å². The predicted octanol–water partition coefficient (Wildman–Crippen LogP) is 4.36. The lowest BCUT2D eigenvalue weighted by Gasteiger charge is -2.22. The van der Waals surface area contributed by atoms with E-state index in [-0.39, 0.29) is 23.9 Å². The third-order valence-electron chi connectivity index (χ3n) is 5.57. The third kappa shape index (κ3) is 5.44. The number of carbonyl (C=O) groups excluding carboxylic acids is 1. The van der Waals surface area contributed by atoms with Crippen molar-refractivity contribution in [2.45, 2.75) is 18.0 Å². The summed E-state index contributed by atoms with van der Waals surface area (Å²) in [4.78, 5) is 13.0. The summed E-state index contributed by atoms with van der Waals surface area (Å²) in [6.07, 6.45) is 0. The Hall–Kier alpha value is -3.68. The van der Waals surface area contributed by atoms with Crippen LogP contribution in [0, 0.1) is 0 Å². The monoisotopic (exact) mass is 474 g/mol. The first-order valence-corrected chi connectivity index (χ1v) is 12.3. The Morgan fingerprint density at radius 2 is 1.53 bits per heavy atom. The Balaban J connectivity index is 1.54. The second-order valence-corrected chi connectivity index (χ2v) is 9.79. The Kier molecular flexibility index (Phi) is 7.25. The Morgan fingerprint density at radius 1 is 0.853 bits per heavy atom. The molecule has 0 aromatic heterocycles. The molecule has 0 radical (unpaired) electrons. The molecule has 1 N–H and O–H groups in total. The van der Waals surface area contributed by atoms with Gasteiger partial charge in [-0.1, -0.05) is 72.8 Å². The molecule has 0 spiro atoms. The molecule has 0 aliphatic carbocycles. The molecule has 0 bridgehead atoms. The van der Waals surface area contributed by atoms with Gasteiger partial charge in [-0.2, -0.15) is 4.31 Å². The molecule has 6 nitrogen and oxygen atoms in total. The molecule has 0 unspecified atom stereocenters. The maximum atomic E-state index is 13.4. The molecule has 0 aliphatic rings. The summed E-state index contributed by atoms with van der Waals surface area (Å²) in [6.45, 7) is 0.0901. The molecule has 174 valence electrons. The largest absolute Gasteiger partial charge is 0.497 e. The molecular weight excluding hydrogens is 448 g/mol. The van der Waals surface area contributed by atoms with Gasteiger partial charge in [0.1, 0.15) is 5.75 Å². The number of rotatable bonds is 9. The number of methoxy groups -OCH3 is 1. The number of amides is 1. The number of ether oxygens (including phenoxy) is 1. The number of fused-ring (bicyclic) bond motifs is 1.